The van der Waals surface area contributed by atoms with Crippen molar-refractivity contribution in [1.82, 2.24) is 15.0 Å². The standard InChI is InChI=1S/C24H20N4OS/c1-14-5-4-6-15(2)22(14)23-26-18-9-7-16(11-19(18)27-23)24(29)28(3)17-8-10-21-20(12-17)25-13-30-21/h4-13H,1-3H3,(H,26,27). The van der Waals surface area contributed by atoms with Gasteiger partial charge in [0.25, 0.3) is 5.91 Å². The van der Waals surface area contributed by atoms with Gasteiger partial charge in [-0.05, 0) is 61.4 Å². The van der Waals surface area contributed by atoms with E-state index in [2.05, 4.69) is 35.9 Å². The van der Waals surface area contributed by atoms with E-state index in [1.807, 2.05) is 48.0 Å². The van der Waals surface area contributed by atoms with Crippen LogP contribution >= 0.6 is 11.3 Å². The SMILES string of the molecule is Cc1cccc(C)c1-c1nc2ccc(C(=O)N(C)c3ccc4scnc4c3)cc2[nH]1. The minimum absolute atomic E-state index is 0.0744. The summed E-state index contributed by atoms with van der Waals surface area (Å²) in [6, 6.07) is 17.7. The van der Waals surface area contributed by atoms with E-state index in [9.17, 15) is 4.79 Å². The van der Waals surface area contributed by atoms with Gasteiger partial charge < -0.3 is 9.88 Å². The van der Waals surface area contributed by atoms with Crippen LogP contribution in [0.4, 0.5) is 5.69 Å². The van der Waals surface area contributed by atoms with Crippen LogP contribution in [0.25, 0.3) is 32.6 Å². The van der Waals surface area contributed by atoms with Crippen molar-refractivity contribution in [3.05, 3.63) is 76.8 Å². The molecule has 148 valence electrons. The average molecular weight is 413 g/mol. The summed E-state index contributed by atoms with van der Waals surface area (Å²) < 4.78 is 1.11. The number of amides is 1. The first-order valence-corrected chi connectivity index (χ1v) is 10.6. The monoisotopic (exact) mass is 412 g/mol. The summed E-state index contributed by atoms with van der Waals surface area (Å²) in [5, 5.41) is 0. The van der Waals surface area contributed by atoms with Crippen molar-refractivity contribution in [1.29, 1.82) is 0 Å². The Morgan fingerprint density at radius 2 is 1.80 bits per heavy atom. The molecule has 0 saturated heterocycles. The molecule has 0 spiro atoms. The fourth-order valence-electron chi connectivity index (χ4n) is 3.81. The molecule has 6 heteroatoms. The molecule has 0 aliphatic carbocycles. The van der Waals surface area contributed by atoms with Crippen LogP contribution < -0.4 is 4.90 Å². The van der Waals surface area contributed by atoms with Gasteiger partial charge >= 0.3 is 0 Å². The van der Waals surface area contributed by atoms with Crippen molar-refractivity contribution in [3.8, 4) is 11.4 Å². The molecule has 0 aliphatic rings. The zero-order chi connectivity index (χ0) is 20.8. The molecule has 5 aromatic rings. The Kier molecular flexibility index (Phi) is 4.37. The Bertz CT molecular complexity index is 1400. The maximum atomic E-state index is 13.1. The third kappa shape index (κ3) is 3.06. The number of fused-ring (bicyclic) bond motifs is 2. The molecule has 0 atom stereocenters. The van der Waals surface area contributed by atoms with E-state index in [1.54, 1.807) is 23.3 Å². The number of nitrogens with zero attached hydrogens (tertiary/aromatic N) is 3. The molecule has 2 aromatic heterocycles. The number of aromatic nitrogens is 3. The number of aryl methyl sites for hydroxylation is 2. The molecule has 2 heterocycles. The van der Waals surface area contributed by atoms with Crippen LogP contribution in [0.2, 0.25) is 0 Å². The summed E-state index contributed by atoms with van der Waals surface area (Å²) >= 11 is 1.59. The number of aromatic amines is 1. The maximum Gasteiger partial charge on any atom is 0.258 e. The topological polar surface area (TPSA) is 61.9 Å². The third-order valence-corrected chi connectivity index (χ3v) is 6.26. The van der Waals surface area contributed by atoms with Crippen LogP contribution in [-0.2, 0) is 0 Å². The van der Waals surface area contributed by atoms with Crippen LogP contribution in [0.15, 0.2) is 60.1 Å². The lowest BCUT2D eigenvalue weighted by atomic mass is 10.0. The van der Waals surface area contributed by atoms with Crippen LogP contribution in [0.3, 0.4) is 0 Å². The molecule has 30 heavy (non-hydrogen) atoms. The second-order valence-electron chi connectivity index (χ2n) is 7.45. The molecule has 3 aromatic carbocycles. The lowest BCUT2D eigenvalue weighted by Gasteiger charge is -2.17. The summed E-state index contributed by atoms with van der Waals surface area (Å²) in [6.07, 6.45) is 0. The normalized spacial score (nSPS) is 11.3. The highest BCUT2D eigenvalue weighted by Gasteiger charge is 2.17. The van der Waals surface area contributed by atoms with Crippen LogP contribution in [0, 0.1) is 13.8 Å². The highest BCUT2D eigenvalue weighted by molar-refractivity contribution is 7.16. The lowest BCUT2D eigenvalue weighted by molar-refractivity contribution is 0.0993. The fraction of sp³-hybridized carbons (Fsp3) is 0.125. The number of rotatable bonds is 3. The molecule has 1 amide bonds. The minimum Gasteiger partial charge on any atom is -0.338 e. The molecular weight excluding hydrogens is 392 g/mol. The summed E-state index contributed by atoms with van der Waals surface area (Å²) in [5.74, 6) is 0.752. The number of thiazole rings is 1. The zero-order valence-corrected chi connectivity index (χ0v) is 17.7. The first-order chi connectivity index (χ1) is 14.5. The molecule has 5 nitrogen and oxygen atoms in total. The summed E-state index contributed by atoms with van der Waals surface area (Å²) in [5.41, 5.74) is 9.28. The van der Waals surface area contributed by atoms with Crippen LogP contribution in [0.1, 0.15) is 21.5 Å². The van der Waals surface area contributed by atoms with Crippen LogP contribution in [-0.4, -0.2) is 27.9 Å². The van der Waals surface area contributed by atoms with E-state index in [0.717, 1.165) is 38.3 Å². The van der Waals surface area contributed by atoms with Gasteiger partial charge in [0.15, 0.2) is 0 Å². The quantitative estimate of drug-likeness (QED) is 0.411. The number of nitrogens with one attached hydrogen (secondary N) is 1. The smallest absolute Gasteiger partial charge is 0.258 e. The molecule has 1 N–H and O–H groups in total. The van der Waals surface area contributed by atoms with Gasteiger partial charge in [-0.2, -0.15) is 0 Å². The number of hydrogen-bond acceptors (Lipinski definition) is 4. The maximum absolute atomic E-state index is 13.1. The number of anilines is 1. The van der Waals surface area contributed by atoms with E-state index >= 15 is 0 Å². The van der Waals surface area contributed by atoms with Crippen molar-refractivity contribution in [3.63, 3.8) is 0 Å². The molecule has 0 bridgehead atoms. The Morgan fingerprint density at radius 1 is 1.00 bits per heavy atom. The average Bonchev–Trinajstić information content (AvgIpc) is 3.38. The Balaban J connectivity index is 1.50. The van der Waals surface area contributed by atoms with Gasteiger partial charge in [0, 0.05) is 23.9 Å². The van der Waals surface area contributed by atoms with Gasteiger partial charge in [0.05, 0.1) is 26.8 Å². The number of carbonyl (C=O) groups excluding carboxylic acids is 1. The fourth-order valence-corrected chi connectivity index (χ4v) is 4.47. The van der Waals surface area contributed by atoms with Crippen molar-refractivity contribution >= 4 is 44.2 Å². The third-order valence-electron chi connectivity index (χ3n) is 5.45. The van der Waals surface area contributed by atoms with Gasteiger partial charge in [-0.3, -0.25) is 4.79 Å². The second-order valence-corrected chi connectivity index (χ2v) is 8.34. The van der Waals surface area contributed by atoms with Crippen molar-refractivity contribution < 1.29 is 4.79 Å². The number of benzene rings is 3. The van der Waals surface area contributed by atoms with E-state index in [-0.39, 0.29) is 5.91 Å². The van der Waals surface area contributed by atoms with Crippen molar-refractivity contribution in [2.45, 2.75) is 13.8 Å². The number of H-pyrrole nitrogens is 1. The van der Waals surface area contributed by atoms with E-state index < -0.39 is 0 Å². The first-order valence-electron chi connectivity index (χ1n) is 9.69. The van der Waals surface area contributed by atoms with Gasteiger partial charge in [-0.1, -0.05) is 18.2 Å². The zero-order valence-electron chi connectivity index (χ0n) is 16.9. The van der Waals surface area contributed by atoms with Gasteiger partial charge in [-0.15, -0.1) is 11.3 Å². The summed E-state index contributed by atoms with van der Waals surface area (Å²) in [7, 11) is 1.79. The lowest BCUT2D eigenvalue weighted by Crippen LogP contribution is -2.26. The van der Waals surface area contributed by atoms with Gasteiger partial charge in [0.2, 0.25) is 0 Å². The van der Waals surface area contributed by atoms with Crippen LogP contribution in [0.5, 0.6) is 0 Å². The molecule has 0 saturated carbocycles. The molecule has 0 fully saturated rings. The Hall–Kier alpha value is -3.51. The highest BCUT2D eigenvalue weighted by atomic mass is 32.1. The summed E-state index contributed by atoms with van der Waals surface area (Å²) in [4.78, 5) is 27.3. The molecular formula is C24H20N4OS. The van der Waals surface area contributed by atoms with E-state index in [4.69, 9.17) is 4.98 Å². The van der Waals surface area contributed by atoms with Crippen molar-refractivity contribution in [2.24, 2.45) is 0 Å². The predicted molar refractivity (Wildman–Crippen MR) is 123 cm³/mol. The first kappa shape index (κ1) is 18.5. The highest BCUT2D eigenvalue weighted by Crippen LogP contribution is 2.28. The van der Waals surface area contributed by atoms with E-state index in [0.29, 0.717) is 5.56 Å². The predicted octanol–water partition coefficient (Wildman–Crippen LogP) is 5.73. The number of hydrogen-bond donors (Lipinski definition) is 1. The summed E-state index contributed by atoms with van der Waals surface area (Å²) in [6.45, 7) is 4.16. The number of carbonyl (C=O) groups is 1. The van der Waals surface area contributed by atoms with Gasteiger partial charge in [0.1, 0.15) is 5.82 Å². The van der Waals surface area contributed by atoms with Crippen molar-refractivity contribution in [2.75, 3.05) is 11.9 Å². The molecule has 0 aliphatic heterocycles. The minimum atomic E-state index is -0.0744. The molecule has 5 rings (SSSR count). The van der Waals surface area contributed by atoms with E-state index in [1.165, 1.54) is 11.1 Å². The molecule has 0 radical (unpaired) electrons. The number of imidazole rings is 1. The van der Waals surface area contributed by atoms with Gasteiger partial charge in [-0.25, -0.2) is 9.97 Å². The second kappa shape index (κ2) is 7.07. The Morgan fingerprint density at radius 3 is 2.60 bits per heavy atom. The largest absolute Gasteiger partial charge is 0.338 e. The molecule has 0 unspecified atom stereocenters. The Labute approximate surface area is 178 Å².